The second kappa shape index (κ2) is 23.2. The molecule has 3 saturated carbocycles. The van der Waals surface area contributed by atoms with Crippen molar-refractivity contribution >= 4 is 0 Å². The van der Waals surface area contributed by atoms with Crippen molar-refractivity contribution in [1.29, 1.82) is 0 Å². The fourth-order valence-electron chi connectivity index (χ4n) is 13.8. The normalized spacial score (nSPS) is 29.8. The summed E-state index contributed by atoms with van der Waals surface area (Å²) in [7, 11) is 4.38. The second-order valence-corrected chi connectivity index (χ2v) is 23.4. The van der Waals surface area contributed by atoms with E-state index < -0.39 is 0 Å². The minimum Gasteiger partial charge on any atom is -0.389 e. The van der Waals surface area contributed by atoms with Crippen molar-refractivity contribution < 1.29 is 0 Å². The van der Waals surface area contributed by atoms with E-state index in [0.717, 1.165) is 112 Å². The number of nitrogens with zero attached hydrogens (tertiary/aromatic N) is 3. The second-order valence-electron chi connectivity index (χ2n) is 23.4. The Balaban J connectivity index is 0.976. The van der Waals surface area contributed by atoms with Gasteiger partial charge in [-0.25, -0.2) is 0 Å². The lowest BCUT2D eigenvalue weighted by molar-refractivity contribution is -0.139. The third-order valence-corrected chi connectivity index (χ3v) is 18.4. The maximum atomic E-state index is 4.62. The first-order valence-electron chi connectivity index (χ1n) is 26.1. The lowest BCUT2D eigenvalue weighted by Crippen LogP contribution is -2.57. The van der Waals surface area contributed by atoms with Crippen molar-refractivity contribution in [2.45, 2.75) is 172 Å². The van der Waals surface area contributed by atoms with Gasteiger partial charge in [0.2, 0.25) is 0 Å². The summed E-state index contributed by atoms with van der Waals surface area (Å²) in [6.45, 7) is 41.4. The van der Waals surface area contributed by atoms with Crippen LogP contribution in [0.25, 0.3) is 0 Å². The van der Waals surface area contributed by atoms with E-state index in [2.05, 4.69) is 152 Å². The number of pyridine rings is 1. The van der Waals surface area contributed by atoms with Gasteiger partial charge in [-0.15, -0.1) is 0 Å². The molecule has 0 spiro atoms. The molecule has 4 unspecified atom stereocenters. The number of aryl methyl sites for hydroxylation is 1. The van der Waals surface area contributed by atoms with Crippen LogP contribution in [0.15, 0.2) is 90.5 Å². The molecule has 1 heterocycles. The highest BCUT2D eigenvalue weighted by Gasteiger charge is 2.68. The van der Waals surface area contributed by atoms with E-state index in [0.29, 0.717) is 21.7 Å². The number of likely N-dealkylation sites (N-methyl/N-ethyl adjacent to an activating group) is 2. The molecule has 0 aliphatic heterocycles. The highest BCUT2D eigenvalue weighted by Crippen LogP contribution is 2.76. The number of allylic oxidation sites excluding steroid dienone is 7. The van der Waals surface area contributed by atoms with Crippen LogP contribution in [0.2, 0.25) is 0 Å². The molecule has 64 heavy (non-hydrogen) atoms. The Morgan fingerprint density at radius 1 is 0.906 bits per heavy atom. The van der Waals surface area contributed by atoms with Crippen molar-refractivity contribution in [3.8, 4) is 0 Å². The van der Waals surface area contributed by atoms with Crippen molar-refractivity contribution in [2.24, 2.45) is 51.2 Å². The quantitative estimate of drug-likeness (QED) is 0.0551. The predicted octanol–water partition coefficient (Wildman–Crippen LogP) is 14.4. The van der Waals surface area contributed by atoms with E-state index in [1.807, 2.05) is 17.8 Å². The SMILES string of the molecule is C=C/C=C(\C=C(/C)CN(C)CCN(C)Cc1cc(C)ccn1)NCCCCNC(=C)CCC(=C)CC1CCC2(C)C(=CCC3[C@@H]2CCC2(C)[C@@]3(C)CC[C@]2(C)[C@H](C)CCCC(C)C)C1. The average molecular weight is 876 g/mol. The molecule has 0 radical (unpaired) electrons. The maximum absolute atomic E-state index is 4.62. The summed E-state index contributed by atoms with van der Waals surface area (Å²) >= 11 is 0. The fraction of sp³-hybridized carbons (Fsp3) is 0.712. The lowest BCUT2D eigenvalue weighted by Gasteiger charge is -2.65. The Morgan fingerprint density at radius 3 is 2.36 bits per heavy atom. The lowest BCUT2D eigenvalue weighted by atomic mass is 9.40. The van der Waals surface area contributed by atoms with Gasteiger partial charge in [-0.3, -0.25) is 9.88 Å². The summed E-state index contributed by atoms with van der Waals surface area (Å²) in [5.74, 6) is 4.10. The molecule has 5 nitrogen and oxygen atoms in total. The van der Waals surface area contributed by atoms with Crippen LogP contribution in [0.4, 0.5) is 0 Å². The smallest absolute Gasteiger partial charge is 0.0546 e. The van der Waals surface area contributed by atoms with Gasteiger partial charge in [0.05, 0.1) is 5.69 Å². The summed E-state index contributed by atoms with van der Waals surface area (Å²) in [4.78, 5) is 9.26. The molecule has 0 aromatic carbocycles. The fourth-order valence-corrected chi connectivity index (χ4v) is 13.8. The van der Waals surface area contributed by atoms with Crippen LogP contribution in [-0.4, -0.2) is 61.6 Å². The van der Waals surface area contributed by atoms with E-state index in [1.165, 1.54) is 93.8 Å². The molecule has 358 valence electrons. The van der Waals surface area contributed by atoms with Crippen LogP contribution >= 0.6 is 0 Å². The van der Waals surface area contributed by atoms with Gasteiger partial charge >= 0.3 is 0 Å². The first kappa shape index (κ1) is 52.1. The van der Waals surface area contributed by atoms with Crippen LogP contribution in [0.1, 0.15) is 169 Å². The largest absolute Gasteiger partial charge is 0.389 e. The highest BCUT2D eigenvalue weighted by molar-refractivity contribution is 5.29. The number of rotatable bonds is 26. The zero-order valence-corrected chi connectivity index (χ0v) is 43.4. The van der Waals surface area contributed by atoms with Gasteiger partial charge in [0.25, 0.3) is 0 Å². The number of nitrogens with one attached hydrogen (secondary N) is 2. The summed E-state index contributed by atoms with van der Waals surface area (Å²) in [6, 6.07) is 4.23. The van der Waals surface area contributed by atoms with E-state index in [4.69, 9.17) is 0 Å². The molecule has 2 N–H and O–H groups in total. The maximum Gasteiger partial charge on any atom is 0.0546 e. The average Bonchev–Trinajstić information content (AvgIpc) is 3.46. The molecular formula is C59H97N5. The monoisotopic (exact) mass is 876 g/mol. The Hall–Kier alpha value is -2.89. The minimum atomic E-state index is 0.398. The van der Waals surface area contributed by atoms with Gasteiger partial charge in [-0.2, -0.15) is 0 Å². The molecule has 3 fully saturated rings. The Bertz CT molecular complexity index is 1800. The summed E-state index contributed by atoms with van der Waals surface area (Å²) in [5, 5.41) is 7.28. The van der Waals surface area contributed by atoms with Gasteiger partial charge in [-0.1, -0.05) is 116 Å². The van der Waals surface area contributed by atoms with Crippen molar-refractivity contribution in [3.05, 3.63) is 102 Å². The first-order chi connectivity index (χ1) is 30.3. The topological polar surface area (TPSA) is 43.4 Å². The molecule has 0 amide bonds. The predicted molar refractivity (Wildman–Crippen MR) is 278 cm³/mol. The summed E-state index contributed by atoms with van der Waals surface area (Å²) in [5.41, 5.74) is 11.0. The molecule has 8 atom stereocenters. The van der Waals surface area contributed by atoms with Crippen LogP contribution < -0.4 is 10.6 Å². The molecular weight excluding hydrogens is 779 g/mol. The molecule has 4 aliphatic rings. The van der Waals surface area contributed by atoms with Crippen molar-refractivity contribution in [3.63, 3.8) is 0 Å². The van der Waals surface area contributed by atoms with Gasteiger partial charge in [0.15, 0.2) is 0 Å². The zero-order chi connectivity index (χ0) is 46.7. The van der Waals surface area contributed by atoms with Gasteiger partial charge in [0.1, 0.15) is 0 Å². The van der Waals surface area contributed by atoms with Crippen LogP contribution in [0.3, 0.4) is 0 Å². The Morgan fingerprint density at radius 2 is 1.64 bits per heavy atom. The van der Waals surface area contributed by atoms with Crippen molar-refractivity contribution in [2.75, 3.05) is 46.8 Å². The summed E-state index contributed by atoms with van der Waals surface area (Å²) < 4.78 is 0. The molecule has 1 aromatic rings. The minimum absolute atomic E-state index is 0.398. The van der Waals surface area contributed by atoms with E-state index in [9.17, 15) is 0 Å². The zero-order valence-electron chi connectivity index (χ0n) is 43.4. The van der Waals surface area contributed by atoms with E-state index >= 15 is 0 Å². The van der Waals surface area contributed by atoms with Crippen molar-refractivity contribution in [1.82, 2.24) is 25.4 Å². The molecule has 5 heteroatoms. The van der Waals surface area contributed by atoms with Gasteiger partial charge < -0.3 is 15.5 Å². The molecule has 0 saturated heterocycles. The Labute approximate surface area is 395 Å². The van der Waals surface area contributed by atoms with Gasteiger partial charge in [0, 0.05) is 56.9 Å². The molecule has 5 rings (SSSR count). The van der Waals surface area contributed by atoms with Gasteiger partial charge in [-0.05, 0) is 193 Å². The molecule has 4 aliphatic carbocycles. The summed E-state index contributed by atoms with van der Waals surface area (Å²) in [6.07, 6.45) is 31.7. The Kier molecular flexibility index (Phi) is 18.9. The third-order valence-electron chi connectivity index (χ3n) is 18.4. The number of fused-ring (bicyclic) bond motifs is 5. The highest BCUT2D eigenvalue weighted by atomic mass is 15.2. The third kappa shape index (κ3) is 12.8. The first-order valence-corrected chi connectivity index (χ1v) is 26.1. The van der Waals surface area contributed by atoms with Crippen LogP contribution in [0, 0.1) is 58.2 Å². The number of hydrogen-bond acceptors (Lipinski definition) is 5. The van der Waals surface area contributed by atoms with Crippen LogP contribution in [-0.2, 0) is 6.54 Å². The van der Waals surface area contributed by atoms with E-state index in [-0.39, 0.29) is 0 Å². The standard InChI is InChI=1S/C59H97N5/c1-15-19-52(40-47(6)42-63(13)36-37-64(14)43-53-39-46(5)28-35-62-53)61-34-17-16-33-60-49(8)23-22-45(4)38-50-26-29-56(9)51(41-50)24-25-55-54(56)27-30-59(12)57(10,31-32-58(55,59)11)48(7)21-18-20-44(2)3/h15,19,24,28,35,39-40,44,48,50,54-55,60-61H,1,4,8,16-18,20-23,25-27,29-34,36-38,41-43H2,2-3,5-7,9-14H3/b47-40+,52-19+/t48-,50?,54+,55?,56?,57-,58+,59?/m1/s1. The van der Waals surface area contributed by atoms with Crippen LogP contribution in [0.5, 0.6) is 0 Å². The number of aromatic nitrogens is 1. The number of unbranched alkanes of at least 4 members (excludes halogenated alkanes) is 1. The molecule has 1 aromatic heterocycles. The molecule has 0 bridgehead atoms. The number of hydrogen-bond donors (Lipinski definition) is 2. The van der Waals surface area contributed by atoms with E-state index in [1.54, 1.807) is 0 Å².